The van der Waals surface area contributed by atoms with Gasteiger partial charge in [-0.3, -0.25) is 9.59 Å². The summed E-state index contributed by atoms with van der Waals surface area (Å²) in [5.74, 6) is -0.480. The number of hydrogen-bond donors (Lipinski definition) is 1. The number of nitrogens with zero attached hydrogens (tertiary/aromatic N) is 2. The van der Waals surface area contributed by atoms with Gasteiger partial charge in [0.25, 0.3) is 0 Å². The molecule has 0 bridgehead atoms. The first-order valence-electron chi connectivity index (χ1n) is 9.69. The van der Waals surface area contributed by atoms with Gasteiger partial charge in [-0.1, -0.05) is 31.2 Å². The zero-order valence-corrected chi connectivity index (χ0v) is 16.6. The largest absolute Gasteiger partial charge is 0.411 e. The molecule has 1 heterocycles. The summed E-state index contributed by atoms with van der Waals surface area (Å²) in [5.41, 5.74) is 0.452. The summed E-state index contributed by atoms with van der Waals surface area (Å²) >= 11 is 0. The minimum atomic E-state index is -0.689. The summed E-state index contributed by atoms with van der Waals surface area (Å²) in [6, 6.07) is 0. The quantitative estimate of drug-likeness (QED) is 0.198. The van der Waals surface area contributed by atoms with Crippen molar-refractivity contribution in [1.29, 1.82) is 0 Å². The highest BCUT2D eigenvalue weighted by Crippen LogP contribution is 2.21. The first kappa shape index (κ1) is 22.4. The van der Waals surface area contributed by atoms with Gasteiger partial charge in [-0.25, -0.2) is 0 Å². The highest BCUT2D eigenvalue weighted by molar-refractivity contribution is 6.04. The van der Waals surface area contributed by atoms with Crippen molar-refractivity contribution in [2.45, 2.75) is 72.4 Å². The molecule has 1 amide bonds. The van der Waals surface area contributed by atoms with Crippen LogP contribution >= 0.6 is 0 Å². The molecule has 0 aromatic carbocycles. The van der Waals surface area contributed by atoms with Crippen LogP contribution in [0.15, 0.2) is 17.3 Å². The van der Waals surface area contributed by atoms with E-state index in [1.807, 2.05) is 13.0 Å². The number of unbranched alkanes of at least 4 members (excludes halogenated alkanes) is 2. The van der Waals surface area contributed by atoms with Gasteiger partial charge in [-0.15, -0.1) is 0 Å². The molecular weight excluding hydrogens is 332 g/mol. The SMILES string of the molecule is C/C=C/CCCCC(=O)C(C)C(=O)N1CC/C(=N/O)C1OCCC(C)C. The zero-order chi connectivity index (χ0) is 19.5. The monoisotopic (exact) mass is 366 g/mol. The minimum absolute atomic E-state index is 0.0363. The van der Waals surface area contributed by atoms with Gasteiger partial charge in [0.1, 0.15) is 11.5 Å². The molecule has 6 heteroatoms. The van der Waals surface area contributed by atoms with Crippen LogP contribution in [-0.4, -0.2) is 46.9 Å². The third-order valence-corrected chi connectivity index (χ3v) is 4.69. The van der Waals surface area contributed by atoms with Gasteiger partial charge in [0.15, 0.2) is 6.23 Å². The number of likely N-dealkylation sites (tertiary alicyclic amines) is 1. The molecule has 1 aliphatic rings. The molecule has 1 N–H and O–H groups in total. The van der Waals surface area contributed by atoms with E-state index < -0.39 is 12.1 Å². The van der Waals surface area contributed by atoms with Gasteiger partial charge >= 0.3 is 0 Å². The number of oxime groups is 1. The van der Waals surface area contributed by atoms with Gasteiger partial charge in [0.2, 0.25) is 5.91 Å². The predicted octanol–water partition coefficient (Wildman–Crippen LogP) is 3.78. The fourth-order valence-electron chi connectivity index (χ4n) is 2.91. The number of amides is 1. The average molecular weight is 367 g/mol. The zero-order valence-electron chi connectivity index (χ0n) is 16.6. The third kappa shape index (κ3) is 6.90. The van der Waals surface area contributed by atoms with Crippen LogP contribution < -0.4 is 0 Å². The van der Waals surface area contributed by atoms with E-state index in [0.717, 1.165) is 25.7 Å². The molecule has 148 valence electrons. The fraction of sp³-hybridized carbons (Fsp3) is 0.750. The number of carbonyl (C=O) groups is 2. The van der Waals surface area contributed by atoms with Crippen molar-refractivity contribution in [2.75, 3.05) is 13.2 Å². The second kappa shape index (κ2) is 11.8. The molecule has 0 aliphatic carbocycles. The molecule has 2 atom stereocenters. The average Bonchev–Trinajstić information content (AvgIpc) is 3.02. The second-order valence-electron chi connectivity index (χ2n) is 7.28. The van der Waals surface area contributed by atoms with Crippen molar-refractivity contribution < 1.29 is 19.5 Å². The summed E-state index contributed by atoms with van der Waals surface area (Å²) < 4.78 is 5.80. The van der Waals surface area contributed by atoms with E-state index >= 15 is 0 Å². The number of allylic oxidation sites excluding steroid dienone is 2. The summed E-state index contributed by atoms with van der Waals surface area (Å²) in [5, 5.41) is 12.5. The molecule has 0 radical (unpaired) electrons. The van der Waals surface area contributed by atoms with Crippen LogP contribution in [0.1, 0.15) is 66.2 Å². The summed E-state index contributed by atoms with van der Waals surface area (Å²) in [6.07, 6.45) is 7.87. The van der Waals surface area contributed by atoms with Gasteiger partial charge in [0.05, 0.1) is 5.92 Å². The summed E-state index contributed by atoms with van der Waals surface area (Å²) in [4.78, 5) is 26.7. The second-order valence-corrected chi connectivity index (χ2v) is 7.28. The minimum Gasteiger partial charge on any atom is -0.411 e. The number of hydrogen-bond acceptors (Lipinski definition) is 5. The molecule has 2 unspecified atom stereocenters. The Morgan fingerprint density at radius 3 is 2.69 bits per heavy atom. The fourth-order valence-corrected chi connectivity index (χ4v) is 2.91. The lowest BCUT2D eigenvalue weighted by molar-refractivity contribution is -0.146. The van der Waals surface area contributed by atoms with Crippen molar-refractivity contribution in [3.63, 3.8) is 0 Å². The molecule has 1 saturated heterocycles. The molecule has 0 aromatic rings. The van der Waals surface area contributed by atoms with Crippen LogP contribution in [0.3, 0.4) is 0 Å². The number of ether oxygens (including phenoxy) is 1. The molecule has 0 spiro atoms. The van der Waals surface area contributed by atoms with E-state index in [0.29, 0.717) is 37.6 Å². The van der Waals surface area contributed by atoms with E-state index in [1.165, 1.54) is 4.90 Å². The smallest absolute Gasteiger partial charge is 0.235 e. The maximum Gasteiger partial charge on any atom is 0.235 e. The molecule has 1 fully saturated rings. The van der Waals surface area contributed by atoms with E-state index in [2.05, 4.69) is 25.1 Å². The van der Waals surface area contributed by atoms with Crippen LogP contribution in [0.4, 0.5) is 0 Å². The molecule has 1 aliphatic heterocycles. The van der Waals surface area contributed by atoms with E-state index in [9.17, 15) is 14.8 Å². The Hall–Kier alpha value is -1.69. The highest BCUT2D eigenvalue weighted by atomic mass is 16.5. The van der Waals surface area contributed by atoms with E-state index in [4.69, 9.17) is 4.74 Å². The van der Waals surface area contributed by atoms with Gasteiger partial charge in [0, 0.05) is 26.0 Å². The van der Waals surface area contributed by atoms with Crippen molar-refractivity contribution in [3.05, 3.63) is 12.2 Å². The lowest BCUT2D eigenvalue weighted by atomic mass is 9.99. The number of Topliss-reactive ketones (excluding diaryl/α,β-unsaturated/α-hetero) is 1. The predicted molar refractivity (Wildman–Crippen MR) is 102 cm³/mol. The molecular formula is C20H34N2O4. The van der Waals surface area contributed by atoms with Gasteiger partial charge < -0.3 is 14.8 Å². The first-order chi connectivity index (χ1) is 12.4. The van der Waals surface area contributed by atoms with Gasteiger partial charge in [-0.2, -0.15) is 0 Å². The normalized spacial score (nSPS) is 20.4. The van der Waals surface area contributed by atoms with Crippen molar-refractivity contribution in [2.24, 2.45) is 17.0 Å². The van der Waals surface area contributed by atoms with E-state index in [-0.39, 0.29) is 11.7 Å². The Bertz CT molecular complexity index is 514. The Kier molecular flexibility index (Phi) is 10.2. The third-order valence-electron chi connectivity index (χ3n) is 4.69. The number of ketones is 1. The molecule has 26 heavy (non-hydrogen) atoms. The first-order valence-corrected chi connectivity index (χ1v) is 9.69. The van der Waals surface area contributed by atoms with Crippen molar-refractivity contribution in [1.82, 2.24) is 4.90 Å². The van der Waals surface area contributed by atoms with Gasteiger partial charge in [-0.05, 0) is 45.4 Å². The van der Waals surface area contributed by atoms with Crippen molar-refractivity contribution >= 4 is 17.4 Å². The molecule has 0 saturated carbocycles. The molecule has 0 aromatic heterocycles. The lowest BCUT2D eigenvalue weighted by Crippen LogP contribution is -2.44. The number of carbonyl (C=O) groups excluding carboxylic acids is 2. The maximum absolute atomic E-state index is 12.8. The topological polar surface area (TPSA) is 79.2 Å². The standard InChI is InChI=1S/C20H34N2O4/c1-5-6-7-8-9-10-18(23)16(4)19(24)22-13-11-17(21-25)20(22)26-14-12-15(2)3/h5-6,15-16,20,25H,7-14H2,1-4H3/b6-5+,21-17-. The Morgan fingerprint density at radius 1 is 1.35 bits per heavy atom. The molecule has 1 rings (SSSR count). The Labute approximate surface area is 157 Å². The molecule has 6 nitrogen and oxygen atoms in total. The summed E-state index contributed by atoms with van der Waals surface area (Å²) in [6.45, 7) is 8.74. The van der Waals surface area contributed by atoms with Crippen LogP contribution in [-0.2, 0) is 14.3 Å². The van der Waals surface area contributed by atoms with Crippen LogP contribution in [0, 0.1) is 11.8 Å². The summed E-state index contributed by atoms with van der Waals surface area (Å²) in [7, 11) is 0. The van der Waals surface area contributed by atoms with Crippen LogP contribution in [0.5, 0.6) is 0 Å². The highest BCUT2D eigenvalue weighted by Gasteiger charge is 2.38. The van der Waals surface area contributed by atoms with Crippen LogP contribution in [0.2, 0.25) is 0 Å². The lowest BCUT2D eigenvalue weighted by Gasteiger charge is -2.27. The van der Waals surface area contributed by atoms with Crippen molar-refractivity contribution in [3.8, 4) is 0 Å². The van der Waals surface area contributed by atoms with E-state index in [1.54, 1.807) is 6.92 Å². The Morgan fingerprint density at radius 2 is 2.08 bits per heavy atom. The van der Waals surface area contributed by atoms with Crippen LogP contribution in [0.25, 0.3) is 0 Å². The Balaban J connectivity index is 2.59. The number of rotatable bonds is 11. The maximum atomic E-state index is 12.8.